The molecule has 1 aliphatic rings. The lowest BCUT2D eigenvalue weighted by molar-refractivity contribution is -0.150. The Morgan fingerprint density at radius 2 is 1.55 bits per heavy atom. The van der Waals surface area contributed by atoms with Crippen molar-refractivity contribution in [1.82, 2.24) is 0 Å². The third-order valence-electron chi connectivity index (χ3n) is 3.05. The van der Waals surface area contributed by atoms with Crippen molar-refractivity contribution in [3.8, 4) is 0 Å². The van der Waals surface area contributed by atoms with Crippen LogP contribution in [0.25, 0.3) is 0 Å². The van der Waals surface area contributed by atoms with Crippen LogP contribution in [0.4, 0.5) is 0 Å². The monoisotopic (exact) mass is 337 g/mol. The number of oxime groups is 1. The van der Waals surface area contributed by atoms with Gasteiger partial charge in [0.1, 0.15) is 6.10 Å². The SMILES string of the molecule is C[Si](C)(C)O[C@@H]1ON=C(c2ccccc2)C[C@@H]1O[Si](C)(C)C. The van der Waals surface area contributed by atoms with Gasteiger partial charge < -0.3 is 13.7 Å². The first kappa shape index (κ1) is 17.4. The van der Waals surface area contributed by atoms with E-state index in [2.05, 4.69) is 44.4 Å². The van der Waals surface area contributed by atoms with E-state index < -0.39 is 22.9 Å². The van der Waals surface area contributed by atoms with Crippen LogP contribution in [0.15, 0.2) is 35.5 Å². The van der Waals surface area contributed by atoms with E-state index in [4.69, 9.17) is 13.7 Å². The molecule has 0 radical (unpaired) electrons. The summed E-state index contributed by atoms with van der Waals surface area (Å²) in [5.41, 5.74) is 2.01. The molecule has 0 saturated carbocycles. The van der Waals surface area contributed by atoms with Gasteiger partial charge in [-0.3, -0.25) is 0 Å². The van der Waals surface area contributed by atoms with Crippen LogP contribution in [0.5, 0.6) is 0 Å². The Labute approximate surface area is 135 Å². The second-order valence-corrected chi connectivity index (χ2v) is 16.5. The van der Waals surface area contributed by atoms with Crippen molar-refractivity contribution in [3.63, 3.8) is 0 Å². The van der Waals surface area contributed by atoms with Crippen molar-refractivity contribution in [2.24, 2.45) is 5.16 Å². The van der Waals surface area contributed by atoms with Crippen molar-refractivity contribution in [3.05, 3.63) is 35.9 Å². The molecule has 4 nitrogen and oxygen atoms in total. The molecule has 1 aromatic rings. The fourth-order valence-electron chi connectivity index (χ4n) is 2.31. The standard InChI is InChI=1S/C16H27NO3Si2/c1-21(2,3)19-15-12-14(13-10-8-7-9-11-13)17-18-16(15)20-22(4,5)6/h7-11,15-16H,12H2,1-6H3/t15-,16-/m0/s1. The minimum absolute atomic E-state index is 0.0916. The van der Waals surface area contributed by atoms with Crippen LogP contribution in [-0.2, 0) is 13.7 Å². The fourth-order valence-corrected chi connectivity index (χ4v) is 4.30. The molecule has 0 aromatic heterocycles. The van der Waals surface area contributed by atoms with Crippen LogP contribution < -0.4 is 0 Å². The molecular weight excluding hydrogens is 310 g/mol. The third kappa shape index (κ3) is 5.35. The van der Waals surface area contributed by atoms with Crippen LogP contribution in [0.1, 0.15) is 12.0 Å². The third-order valence-corrected chi connectivity index (χ3v) is 5.00. The minimum atomic E-state index is -1.72. The number of rotatable bonds is 5. The summed E-state index contributed by atoms with van der Waals surface area (Å²) >= 11 is 0. The summed E-state index contributed by atoms with van der Waals surface area (Å²) in [5, 5.41) is 4.29. The quantitative estimate of drug-likeness (QED) is 0.756. The molecule has 0 amide bonds. The Hall–Kier alpha value is -0.956. The van der Waals surface area contributed by atoms with Gasteiger partial charge in [-0.25, -0.2) is 0 Å². The van der Waals surface area contributed by atoms with E-state index in [9.17, 15) is 0 Å². The highest BCUT2D eigenvalue weighted by atomic mass is 28.4. The largest absolute Gasteiger partial charge is 0.408 e. The van der Waals surface area contributed by atoms with Gasteiger partial charge in [0.25, 0.3) is 0 Å². The van der Waals surface area contributed by atoms with E-state index in [0.717, 1.165) is 17.7 Å². The van der Waals surface area contributed by atoms with E-state index in [-0.39, 0.29) is 6.10 Å². The summed E-state index contributed by atoms with van der Waals surface area (Å²) in [6, 6.07) is 10.1. The molecule has 0 spiro atoms. The molecular formula is C16H27NO3Si2. The normalized spacial score (nSPS) is 22.9. The van der Waals surface area contributed by atoms with Crippen LogP contribution in [0.3, 0.4) is 0 Å². The van der Waals surface area contributed by atoms with Gasteiger partial charge in [0.05, 0.1) is 5.71 Å². The predicted molar refractivity (Wildman–Crippen MR) is 95.1 cm³/mol. The maximum atomic E-state index is 6.32. The summed E-state index contributed by atoms with van der Waals surface area (Å²) in [6.07, 6.45) is 0.237. The highest BCUT2D eigenvalue weighted by molar-refractivity contribution is 6.70. The Morgan fingerprint density at radius 1 is 0.955 bits per heavy atom. The van der Waals surface area contributed by atoms with E-state index in [1.807, 2.05) is 30.3 Å². The topological polar surface area (TPSA) is 40.0 Å². The number of hydrogen-bond donors (Lipinski definition) is 0. The Morgan fingerprint density at radius 3 is 2.09 bits per heavy atom. The van der Waals surface area contributed by atoms with Crippen LogP contribution in [0.2, 0.25) is 39.3 Å². The molecule has 122 valence electrons. The molecule has 0 bridgehead atoms. The van der Waals surface area contributed by atoms with E-state index in [0.29, 0.717) is 0 Å². The number of nitrogens with zero attached hydrogens (tertiary/aromatic N) is 1. The average molecular weight is 338 g/mol. The second kappa shape index (κ2) is 6.66. The molecule has 0 aliphatic carbocycles. The second-order valence-electron chi connectivity index (χ2n) is 7.58. The Kier molecular flexibility index (Phi) is 5.26. The molecule has 22 heavy (non-hydrogen) atoms. The van der Waals surface area contributed by atoms with Crippen LogP contribution >= 0.6 is 0 Å². The molecule has 1 heterocycles. The minimum Gasteiger partial charge on any atom is -0.408 e. The maximum Gasteiger partial charge on any atom is 0.243 e. The molecule has 2 atom stereocenters. The summed E-state index contributed by atoms with van der Waals surface area (Å²) in [7, 11) is -3.41. The first-order chi connectivity index (χ1) is 10.1. The highest BCUT2D eigenvalue weighted by Gasteiger charge is 2.37. The summed E-state index contributed by atoms with van der Waals surface area (Å²) in [6.45, 7) is 13.0. The average Bonchev–Trinajstić information content (AvgIpc) is 2.38. The fraction of sp³-hybridized carbons (Fsp3) is 0.562. The lowest BCUT2D eigenvalue weighted by Crippen LogP contribution is -2.48. The van der Waals surface area contributed by atoms with Gasteiger partial charge in [-0.1, -0.05) is 35.5 Å². The van der Waals surface area contributed by atoms with Crippen molar-refractivity contribution in [1.29, 1.82) is 0 Å². The van der Waals surface area contributed by atoms with Gasteiger partial charge in [-0.15, -0.1) is 0 Å². The zero-order chi connectivity index (χ0) is 16.4. The van der Waals surface area contributed by atoms with Gasteiger partial charge >= 0.3 is 0 Å². The zero-order valence-corrected chi connectivity index (χ0v) is 16.4. The van der Waals surface area contributed by atoms with Crippen LogP contribution in [0, 0.1) is 0 Å². The van der Waals surface area contributed by atoms with Crippen molar-refractivity contribution in [2.75, 3.05) is 0 Å². The molecule has 0 fully saturated rings. The van der Waals surface area contributed by atoms with Crippen molar-refractivity contribution < 1.29 is 13.7 Å². The smallest absolute Gasteiger partial charge is 0.243 e. The molecule has 0 saturated heterocycles. The summed E-state index contributed by atoms with van der Waals surface area (Å²) in [5.74, 6) is 0. The van der Waals surface area contributed by atoms with E-state index in [1.54, 1.807) is 0 Å². The zero-order valence-electron chi connectivity index (χ0n) is 14.4. The highest BCUT2D eigenvalue weighted by Crippen LogP contribution is 2.25. The maximum absolute atomic E-state index is 6.32. The summed E-state index contributed by atoms with van der Waals surface area (Å²) < 4.78 is 12.4. The lowest BCUT2D eigenvalue weighted by atomic mass is 10.0. The van der Waals surface area contributed by atoms with Gasteiger partial charge in [-0.2, -0.15) is 0 Å². The molecule has 6 heteroatoms. The molecule has 1 aliphatic heterocycles. The molecule has 2 rings (SSSR count). The molecule has 0 unspecified atom stereocenters. The van der Waals surface area contributed by atoms with Crippen LogP contribution in [-0.4, -0.2) is 34.7 Å². The number of benzene rings is 1. The summed E-state index contributed by atoms with van der Waals surface area (Å²) in [4.78, 5) is 5.68. The predicted octanol–water partition coefficient (Wildman–Crippen LogP) is 4.21. The van der Waals surface area contributed by atoms with Gasteiger partial charge in [0.15, 0.2) is 16.6 Å². The van der Waals surface area contributed by atoms with Crippen molar-refractivity contribution >= 4 is 22.3 Å². The van der Waals surface area contributed by atoms with E-state index in [1.165, 1.54) is 0 Å². The van der Waals surface area contributed by atoms with Gasteiger partial charge in [-0.05, 0) is 44.8 Å². The Balaban J connectivity index is 2.19. The lowest BCUT2D eigenvalue weighted by Gasteiger charge is -2.36. The number of hydrogen-bond acceptors (Lipinski definition) is 4. The molecule has 0 N–H and O–H groups in total. The van der Waals surface area contributed by atoms with Crippen molar-refractivity contribution in [2.45, 2.75) is 58.1 Å². The van der Waals surface area contributed by atoms with E-state index >= 15 is 0 Å². The first-order valence-electron chi connectivity index (χ1n) is 7.78. The molecule has 1 aromatic carbocycles. The Bertz CT molecular complexity index is 520. The van der Waals surface area contributed by atoms with Gasteiger partial charge in [0, 0.05) is 6.42 Å². The van der Waals surface area contributed by atoms with Gasteiger partial charge in [0.2, 0.25) is 6.29 Å². The first-order valence-corrected chi connectivity index (χ1v) is 14.6.